The number of hydrazone groups is 1. The second kappa shape index (κ2) is 6.71. The van der Waals surface area contributed by atoms with Crippen molar-refractivity contribution in [3.63, 3.8) is 0 Å². The third kappa shape index (κ3) is 3.82. The summed E-state index contributed by atoms with van der Waals surface area (Å²) in [5.74, 6) is -0.249. The second-order valence-corrected chi connectivity index (χ2v) is 4.80. The number of rotatable bonds is 4. The van der Waals surface area contributed by atoms with E-state index in [0.29, 0.717) is 5.76 Å². The third-order valence-corrected chi connectivity index (χ3v) is 2.97. The molecule has 0 radical (unpaired) electrons. The van der Waals surface area contributed by atoms with Gasteiger partial charge in [-0.05, 0) is 19.4 Å². The first-order valence-corrected chi connectivity index (χ1v) is 6.68. The number of carbonyl (C=O) groups excluding carboxylic acids is 1. The van der Waals surface area contributed by atoms with Crippen LogP contribution in [-0.4, -0.2) is 16.7 Å². The van der Waals surface area contributed by atoms with E-state index in [-0.39, 0.29) is 29.4 Å². The Labute approximate surface area is 127 Å². The molecule has 0 bridgehead atoms. The maximum Gasteiger partial charge on any atom is 0.348 e. The van der Waals surface area contributed by atoms with Gasteiger partial charge in [0.15, 0.2) is 0 Å². The Morgan fingerprint density at radius 1 is 1.32 bits per heavy atom. The van der Waals surface area contributed by atoms with E-state index in [1.165, 1.54) is 13.0 Å². The molecule has 0 saturated heterocycles. The Hall–Kier alpha value is -2.89. The van der Waals surface area contributed by atoms with Gasteiger partial charge in [0.05, 0.1) is 12.1 Å². The van der Waals surface area contributed by atoms with Crippen LogP contribution >= 0.6 is 0 Å². The van der Waals surface area contributed by atoms with Gasteiger partial charge in [-0.1, -0.05) is 30.3 Å². The van der Waals surface area contributed by atoms with E-state index >= 15 is 0 Å². The van der Waals surface area contributed by atoms with Crippen molar-refractivity contribution in [2.24, 2.45) is 5.10 Å². The molecular weight excluding hydrogens is 284 g/mol. The highest BCUT2D eigenvalue weighted by molar-refractivity contribution is 6.01. The number of amides is 1. The van der Waals surface area contributed by atoms with Crippen molar-refractivity contribution in [1.29, 1.82) is 0 Å². The lowest BCUT2D eigenvalue weighted by atomic mass is 10.1. The summed E-state index contributed by atoms with van der Waals surface area (Å²) in [6.07, 6.45) is 0.173. The highest BCUT2D eigenvalue weighted by atomic mass is 16.4. The Morgan fingerprint density at radius 3 is 2.64 bits per heavy atom. The van der Waals surface area contributed by atoms with E-state index in [1.54, 1.807) is 6.92 Å². The molecule has 2 rings (SSSR count). The molecule has 2 aromatic rings. The van der Waals surface area contributed by atoms with Crippen LogP contribution in [0.25, 0.3) is 0 Å². The number of benzene rings is 1. The highest BCUT2D eigenvalue weighted by Crippen LogP contribution is 2.15. The second-order valence-electron chi connectivity index (χ2n) is 4.80. The fourth-order valence-electron chi connectivity index (χ4n) is 1.95. The van der Waals surface area contributed by atoms with E-state index in [2.05, 4.69) is 10.5 Å². The fourth-order valence-corrected chi connectivity index (χ4v) is 1.95. The van der Waals surface area contributed by atoms with Crippen LogP contribution in [0.1, 0.15) is 23.8 Å². The maximum atomic E-state index is 11.8. The molecule has 0 aliphatic rings. The summed E-state index contributed by atoms with van der Waals surface area (Å²) >= 11 is 0. The summed E-state index contributed by atoms with van der Waals surface area (Å²) in [6, 6.07) is 10.5. The predicted molar refractivity (Wildman–Crippen MR) is 81.9 cm³/mol. The largest absolute Gasteiger partial charge is 0.507 e. The van der Waals surface area contributed by atoms with E-state index in [1.807, 2.05) is 30.3 Å². The molecule has 1 aromatic heterocycles. The van der Waals surface area contributed by atoms with Gasteiger partial charge in [-0.3, -0.25) is 4.79 Å². The number of hydrogen-bond acceptors (Lipinski definition) is 5. The van der Waals surface area contributed by atoms with E-state index in [4.69, 9.17) is 4.42 Å². The minimum Gasteiger partial charge on any atom is -0.507 e. The molecule has 6 heteroatoms. The molecule has 1 aromatic carbocycles. The summed E-state index contributed by atoms with van der Waals surface area (Å²) in [5, 5.41) is 13.6. The average Bonchev–Trinajstić information content (AvgIpc) is 2.45. The van der Waals surface area contributed by atoms with Crippen LogP contribution in [0, 0.1) is 6.92 Å². The minimum atomic E-state index is -0.698. The van der Waals surface area contributed by atoms with Gasteiger partial charge >= 0.3 is 5.63 Å². The summed E-state index contributed by atoms with van der Waals surface area (Å²) in [4.78, 5) is 23.5. The lowest BCUT2D eigenvalue weighted by molar-refractivity contribution is -0.120. The molecule has 1 amide bonds. The van der Waals surface area contributed by atoms with Crippen molar-refractivity contribution in [3.8, 4) is 5.75 Å². The number of aromatic hydroxyl groups is 1. The lowest BCUT2D eigenvalue weighted by Gasteiger charge is -2.04. The smallest absolute Gasteiger partial charge is 0.348 e. The number of aryl methyl sites for hydroxylation is 1. The number of hydrogen-bond donors (Lipinski definition) is 2. The molecule has 1 heterocycles. The first-order chi connectivity index (χ1) is 10.5. The zero-order valence-corrected chi connectivity index (χ0v) is 12.3. The van der Waals surface area contributed by atoms with Crippen molar-refractivity contribution < 1.29 is 14.3 Å². The van der Waals surface area contributed by atoms with Crippen LogP contribution in [0.3, 0.4) is 0 Å². The van der Waals surface area contributed by atoms with Gasteiger partial charge in [0, 0.05) is 6.07 Å². The van der Waals surface area contributed by atoms with Crippen LogP contribution in [0.4, 0.5) is 0 Å². The van der Waals surface area contributed by atoms with Crippen molar-refractivity contribution in [1.82, 2.24) is 5.43 Å². The maximum absolute atomic E-state index is 11.8. The normalized spacial score (nSPS) is 11.3. The predicted octanol–water partition coefficient (Wildman–Crippen LogP) is 1.74. The van der Waals surface area contributed by atoms with E-state index in [0.717, 1.165) is 5.56 Å². The van der Waals surface area contributed by atoms with Crippen molar-refractivity contribution >= 4 is 11.6 Å². The van der Waals surface area contributed by atoms with Gasteiger partial charge in [0.25, 0.3) is 0 Å². The lowest BCUT2D eigenvalue weighted by Crippen LogP contribution is -2.23. The van der Waals surface area contributed by atoms with Crippen LogP contribution in [0.15, 0.2) is 50.7 Å². The molecule has 0 atom stereocenters. The van der Waals surface area contributed by atoms with Crippen molar-refractivity contribution in [2.45, 2.75) is 20.3 Å². The van der Waals surface area contributed by atoms with Crippen molar-refractivity contribution in [2.75, 3.05) is 0 Å². The first-order valence-electron chi connectivity index (χ1n) is 6.68. The standard InChI is InChI=1S/C16H16N2O4/c1-10-8-13(19)15(16(21)22-10)11(2)17-18-14(20)9-12-6-4-3-5-7-12/h3-8,19H,9H2,1-2H3,(H,18,20)/b17-11+. The number of nitrogens with zero attached hydrogens (tertiary/aromatic N) is 1. The zero-order chi connectivity index (χ0) is 16.1. The average molecular weight is 300 g/mol. The molecule has 0 spiro atoms. The molecule has 0 fully saturated rings. The van der Waals surface area contributed by atoms with Crippen LogP contribution < -0.4 is 11.1 Å². The Morgan fingerprint density at radius 2 is 2.00 bits per heavy atom. The Balaban J connectivity index is 2.10. The fraction of sp³-hybridized carbons (Fsp3) is 0.188. The molecule has 2 N–H and O–H groups in total. The molecule has 22 heavy (non-hydrogen) atoms. The van der Waals surface area contributed by atoms with Gasteiger partial charge in [0.1, 0.15) is 17.1 Å². The van der Waals surface area contributed by atoms with Crippen LogP contribution in [0.5, 0.6) is 5.75 Å². The highest BCUT2D eigenvalue weighted by Gasteiger charge is 2.13. The summed E-state index contributed by atoms with van der Waals surface area (Å²) in [6.45, 7) is 3.06. The van der Waals surface area contributed by atoms with Crippen molar-refractivity contribution in [3.05, 3.63) is 63.7 Å². The topological polar surface area (TPSA) is 91.9 Å². The van der Waals surface area contributed by atoms with Crippen LogP contribution in [-0.2, 0) is 11.2 Å². The SMILES string of the molecule is C/C(=N\NC(=O)Cc1ccccc1)c1c(O)cc(C)oc1=O. The van der Waals surface area contributed by atoms with Gasteiger partial charge in [-0.2, -0.15) is 5.10 Å². The first kappa shape index (κ1) is 15.5. The van der Waals surface area contributed by atoms with E-state index in [9.17, 15) is 14.7 Å². The quantitative estimate of drug-likeness (QED) is 0.664. The Kier molecular flexibility index (Phi) is 4.73. The third-order valence-electron chi connectivity index (χ3n) is 2.97. The molecule has 6 nitrogen and oxygen atoms in total. The number of carbonyl (C=O) groups is 1. The van der Waals surface area contributed by atoms with Crippen LogP contribution in [0.2, 0.25) is 0 Å². The van der Waals surface area contributed by atoms with Gasteiger partial charge in [-0.25, -0.2) is 10.2 Å². The van der Waals surface area contributed by atoms with Gasteiger partial charge in [-0.15, -0.1) is 0 Å². The summed E-state index contributed by atoms with van der Waals surface area (Å²) in [5.41, 5.74) is 2.62. The Bertz CT molecular complexity index is 763. The summed E-state index contributed by atoms with van der Waals surface area (Å²) < 4.78 is 4.90. The summed E-state index contributed by atoms with van der Waals surface area (Å²) in [7, 11) is 0. The van der Waals surface area contributed by atoms with Gasteiger partial charge in [0.2, 0.25) is 5.91 Å². The van der Waals surface area contributed by atoms with Gasteiger partial charge < -0.3 is 9.52 Å². The molecule has 0 unspecified atom stereocenters. The zero-order valence-electron chi connectivity index (χ0n) is 12.3. The molecule has 0 saturated carbocycles. The molecule has 0 aliphatic heterocycles. The number of nitrogens with one attached hydrogen (secondary N) is 1. The molecule has 0 aliphatic carbocycles. The minimum absolute atomic E-state index is 0.0642. The monoisotopic (exact) mass is 300 g/mol. The molecule has 114 valence electrons. The van der Waals surface area contributed by atoms with E-state index < -0.39 is 5.63 Å². The molecular formula is C16H16N2O4.